The van der Waals surface area contributed by atoms with Crippen molar-refractivity contribution in [2.75, 3.05) is 13.2 Å². The number of urea groups is 1. The van der Waals surface area contributed by atoms with Crippen LogP contribution in [0.3, 0.4) is 0 Å². The fourth-order valence-electron chi connectivity index (χ4n) is 3.38. The number of hydrogen-bond acceptors (Lipinski definition) is 6. The standard InChI is InChI=1S/C22H16N4O5/c27-20-16(21(28)24-22(29)23-20)10-14-12-26(15-4-2-1-3-5-15)25-19(14)13-6-7-17-18(11-13)31-9-8-30-17/h1-7,10-12H,8-9H2,(H2,23,24,27,28,29). The van der Waals surface area contributed by atoms with Gasteiger partial charge in [0.1, 0.15) is 24.5 Å². The van der Waals surface area contributed by atoms with E-state index in [2.05, 4.69) is 15.7 Å². The van der Waals surface area contributed by atoms with Crippen molar-refractivity contribution in [3.63, 3.8) is 0 Å². The van der Waals surface area contributed by atoms with Gasteiger partial charge in [-0.3, -0.25) is 20.2 Å². The molecule has 1 saturated heterocycles. The Bertz CT molecular complexity index is 1220. The van der Waals surface area contributed by atoms with Gasteiger partial charge < -0.3 is 9.47 Å². The van der Waals surface area contributed by atoms with Crippen molar-refractivity contribution in [2.24, 2.45) is 0 Å². The zero-order valence-electron chi connectivity index (χ0n) is 16.1. The second kappa shape index (κ2) is 7.45. The monoisotopic (exact) mass is 416 g/mol. The molecule has 2 aliphatic heterocycles. The van der Waals surface area contributed by atoms with Crippen LogP contribution in [0.4, 0.5) is 4.79 Å². The Morgan fingerprint density at radius 2 is 1.61 bits per heavy atom. The number of aromatic nitrogens is 2. The van der Waals surface area contributed by atoms with Crippen LogP contribution in [-0.2, 0) is 9.59 Å². The minimum absolute atomic E-state index is 0.189. The third-order valence-corrected chi connectivity index (χ3v) is 4.82. The molecule has 2 aromatic carbocycles. The Morgan fingerprint density at radius 1 is 0.903 bits per heavy atom. The van der Waals surface area contributed by atoms with Crippen LogP contribution < -0.4 is 20.1 Å². The highest BCUT2D eigenvalue weighted by atomic mass is 16.6. The van der Waals surface area contributed by atoms with E-state index in [-0.39, 0.29) is 5.57 Å². The first-order valence-electron chi connectivity index (χ1n) is 9.52. The van der Waals surface area contributed by atoms with E-state index in [1.165, 1.54) is 6.08 Å². The van der Waals surface area contributed by atoms with Crippen molar-refractivity contribution in [1.29, 1.82) is 0 Å². The van der Waals surface area contributed by atoms with Crippen LogP contribution in [0.5, 0.6) is 11.5 Å². The van der Waals surface area contributed by atoms with Gasteiger partial charge in [-0.15, -0.1) is 0 Å². The molecule has 1 fully saturated rings. The van der Waals surface area contributed by atoms with Crippen LogP contribution in [0.1, 0.15) is 5.56 Å². The Morgan fingerprint density at radius 3 is 2.35 bits per heavy atom. The summed E-state index contributed by atoms with van der Waals surface area (Å²) in [5.41, 5.74) is 2.39. The maximum atomic E-state index is 12.2. The van der Waals surface area contributed by atoms with E-state index < -0.39 is 17.8 Å². The molecule has 154 valence electrons. The molecule has 4 amide bonds. The first-order valence-corrected chi connectivity index (χ1v) is 9.52. The summed E-state index contributed by atoms with van der Waals surface area (Å²) < 4.78 is 12.9. The molecule has 31 heavy (non-hydrogen) atoms. The Kier molecular flexibility index (Phi) is 4.47. The molecule has 9 nitrogen and oxygen atoms in total. The molecule has 0 saturated carbocycles. The molecule has 1 aromatic heterocycles. The molecular weight excluding hydrogens is 400 g/mol. The molecular formula is C22H16N4O5. The second-order valence-electron chi connectivity index (χ2n) is 6.87. The lowest BCUT2D eigenvalue weighted by Gasteiger charge is -2.18. The molecule has 3 heterocycles. The largest absolute Gasteiger partial charge is 0.486 e. The minimum Gasteiger partial charge on any atom is -0.486 e. The molecule has 2 N–H and O–H groups in total. The lowest BCUT2D eigenvalue weighted by Crippen LogP contribution is -2.51. The van der Waals surface area contributed by atoms with Crippen LogP contribution in [0.15, 0.2) is 60.3 Å². The summed E-state index contributed by atoms with van der Waals surface area (Å²) in [5, 5.41) is 8.83. The summed E-state index contributed by atoms with van der Waals surface area (Å²) in [6.45, 7) is 0.926. The molecule has 5 rings (SSSR count). The number of benzene rings is 2. The molecule has 9 heteroatoms. The number of para-hydroxylation sites is 1. The normalized spacial score (nSPS) is 15.4. The number of hydrogen-bond donors (Lipinski definition) is 2. The fraction of sp³-hybridized carbons (Fsp3) is 0.0909. The third-order valence-electron chi connectivity index (χ3n) is 4.82. The lowest BCUT2D eigenvalue weighted by molar-refractivity contribution is -0.123. The average Bonchev–Trinajstić information content (AvgIpc) is 3.20. The number of ether oxygens (including phenoxy) is 2. The average molecular weight is 416 g/mol. The second-order valence-corrected chi connectivity index (χ2v) is 6.87. The summed E-state index contributed by atoms with van der Waals surface area (Å²) in [5.74, 6) is -0.305. The number of imide groups is 2. The van der Waals surface area contributed by atoms with E-state index in [0.717, 1.165) is 11.3 Å². The van der Waals surface area contributed by atoms with Crippen molar-refractivity contribution < 1.29 is 23.9 Å². The maximum absolute atomic E-state index is 12.2. The smallest absolute Gasteiger partial charge is 0.328 e. The van der Waals surface area contributed by atoms with E-state index in [9.17, 15) is 14.4 Å². The zero-order valence-corrected chi connectivity index (χ0v) is 16.1. The number of barbiturate groups is 1. The molecule has 0 radical (unpaired) electrons. The molecule has 0 unspecified atom stereocenters. The summed E-state index contributed by atoms with van der Waals surface area (Å²) in [6.07, 6.45) is 3.13. The highest BCUT2D eigenvalue weighted by Gasteiger charge is 2.28. The Labute approximate surface area is 176 Å². The van der Waals surface area contributed by atoms with Crippen molar-refractivity contribution >= 4 is 23.9 Å². The molecule has 0 bridgehead atoms. The minimum atomic E-state index is -0.848. The lowest BCUT2D eigenvalue weighted by atomic mass is 10.0. The van der Waals surface area contributed by atoms with Crippen LogP contribution >= 0.6 is 0 Å². The maximum Gasteiger partial charge on any atom is 0.328 e. The number of nitrogens with one attached hydrogen (secondary N) is 2. The highest BCUT2D eigenvalue weighted by molar-refractivity contribution is 6.31. The molecule has 3 aromatic rings. The predicted octanol–water partition coefficient (Wildman–Crippen LogP) is 2.06. The van der Waals surface area contributed by atoms with Crippen LogP contribution in [0.2, 0.25) is 0 Å². The van der Waals surface area contributed by atoms with E-state index in [1.807, 2.05) is 36.4 Å². The van der Waals surface area contributed by atoms with Gasteiger partial charge in [0.05, 0.1) is 5.69 Å². The summed E-state index contributed by atoms with van der Waals surface area (Å²) in [6, 6.07) is 14.0. The van der Waals surface area contributed by atoms with E-state index in [1.54, 1.807) is 23.0 Å². The molecule has 0 atom stereocenters. The van der Waals surface area contributed by atoms with Crippen molar-refractivity contribution in [3.8, 4) is 28.4 Å². The molecule has 0 spiro atoms. The van der Waals surface area contributed by atoms with Crippen molar-refractivity contribution in [1.82, 2.24) is 20.4 Å². The first kappa shape index (κ1) is 18.6. The zero-order chi connectivity index (χ0) is 21.4. The van der Waals surface area contributed by atoms with Crippen LogP contribution in [-0.4, -0.2) is 40.8 Å². The number of amides is 4. The number of nitrogens with zero attached hydrogens (tertiary/aromatic N) is 2. The van der Waals surface area contributed by atoms with Crippen LogP contribution in [0, 0.1) is 0 Å². The predicted molar refractivity (Wildman–Crippen MR) is 110 cm³/mol. The van der Waals surface area contributed by atoms with Crippen molar-refractivity contribution in [2.45, 2.75) is 0 Å². The summed E-state index contributed by atoms with van der Waals surface area (Å²) >= 11 is 0. The number of rotatable bonds is 3. The first-order chi connectivity index (χ1) is 15.1. The van der Waals surface area contributed by atoms with Gasteiger partial charge in [0, 0.05) is 17.3 Å². The van der Waals surface area contributed by atoms with Crippen molar-refractivity contribution in [3.05, 3.63) is 65.9 Å². The van der Waals surface area contributed by atoms with Gasteiger partial charge in [-0.05, 0) is 36.4 Å². The molecule has 2 aliphatic rings. The fourth-order valence-corrected chi connectivity index (χ4v) is 3.38. The van der Waals surface area contributed by atoms with Gasteiger partial charge >= 0.3 is 6.03 Å². The van der Waals surface area contributed by atoms with Crippen LogP contribution in [0.25, 0.3) is 23.0 Å². The van der Waals surface area contributed by atoms with E-state index in [4.69, 9.17) is 9.47 Å². The number of carbonyl (C=O) groups is 3. The summed E-state index contributed by atoms with van der Waals surface area (Å²) in [7, 11) is 0. The Hall–Kier alpha value is -4.40. The van der Waals surface area contributed by atoms with Gasteiger partial charge in [0.15, 0.2) is 11.5 Å². The Balaban J connectivity index is 1.64. The number of carbonyl (C=O) groups excluding carboxylic acids is 3. The van der Waals surface area contributed by atoms with E-state index >= 15 is 0 Å². The van der Waals surface area contributed by atoms with Gasteiger partial charge in [0.25, 0.3) is 11.8 Å². The van der Waals surface area contributed by atoms with Gasteiger partial charge in [-0.2, -0.15) is 5.10 Å². The quantitative estimate of drug-likeness (QED) is 0.499. The van der Waals surface area contributed by atoms with E-state index in [0.29, 0.717) is 36.0 Å². The number of fused-ring (bicyclic) bond motifs is 1. The summed E-state index contributed by atoms with van der Waals surface area (Å²) in [4.78, 5) is 35.8. The van der Waals surface area contributed by atoms with Gasteiger partial charge in [-0.25, -0.2) is 9.48 Å². The highest BCUT2D eigenvalue weighted by Crippen LogP contribution is 2.36. The third kappa shape index (κ3) is 3.52. The van der Waals surface area contributed by atoms with Gasteiger partial charge in [0.2, 0.25) is 0 Å². The topological polar surface area (TPSA) is 112 Å². The van der Waals surface area contributed by atoms with Gasteiger partial charge in [-0.1, -0.05) is 18.2 Å². The SMILES string of the molecule is O=C1NC(=O)C(=Cc2cn(-c3ccccc3)nc2-c2ccc3c(c2)OCCO3)C(=O)N1. The molecule has 0 aliphatic carbocycles.